The minimum Gasteiger partial charge on any atom is -0.342 e. The van der Waals surface area contributed by atoms with Crippen molar-refractivity contribution >= 4 is 29.3 Å². The van der Waals surface area contributed by atoms with Gasteiger partial charge in [-0.2, -0.15) is 0 Å². The van der Waals surface area contributed by atoms with Crippen LogP contribution >= 0.6 is 0 Å². The van der Waals surface area contributed by atoms with E-state index >= 15 is 0 Å². The Morgan fingerprint density at radius 3 is 2.23 bits per heavy atom. The normalized spacial score (nSPS) is 18.3. The van der Waals surface area contributed by atoms with Crippen molar-refractivity contribution in [2.24, 2.45) is 5.92 Å². The van der Waals surface area contributed by atoms with E-state index in [-0.39, 0.29) is 42.5 Å². The van der Waals surface area contributed by atoms with Crippen LogP contribution in [0.1, 0.15) is 40.0 Å². The summed E-state index contributed by atoms with van der Waals surface area (Å²) >= 11 is 0. The van der Waals surface area contributed by atoms with Gasteiger partial charge >= 0.3 is 0 Å². The van der Waals surface area contributed by atoms with E-state index in [1.807, 2.05) is 30.3 Å². The molecule has 0 spiro atoms. The molecule has 2 aliphatic heterocycles. The second-order valence-corrected chi connectivity index (χ2v) is 7.59. The number of benzene rings is 2. The van der Waals surface area contributed by atoms with E-state index in [4.69, 9.17) is 0 Å². The molecule has 7 nitrogen and oxygen atoms in total. The summed E-state index contributed by atoms with van der Waals surface area (Å²) in [5.74, 6) is -1.24. The van der Waals surface area contributed by atoms with Crippen LogP contribution in [0.3, 0.4) is 0 Å². The van der Waals surface area contributed by atoms with Gasteiger partial charge in [-0.1, -0.05) is 30.3 Å². The number of para-hydroxylation sites is 1. The number of carbonyl (C=O) groups excluding carboxylic acids is 4. The molecule has 0 aromatic heterocycles. The van der Waals surface area contributed by atoms with Crippen molar-refractivity contribution < 1.29 is 19.2 Å². The molecule has 7 heteroatoms. The zero-order chi connectivity index (χ0) is 21.1. The highest BCUT2D eigenvalue weighted by molar-refractivity contribution is 6.21. The fraction of sp³-hybridized carbons (Fsp3) is 0.304. The Bertz CT molecular complexity index is 954. The maximum absolute atomic E-state index is 12.7. The van der Waals surface area contributed by atoms with E-state index in [1.165, 1.54) is 0 Å². The summed E-state index contributed by atoms with van der Waals surface area (Å²) < 4.78 is 0. The highest BCUT2D eigenvalue weighted by Crippen LogP contribution is 2.23. The summed E-state index contributed by atoms with van der Waals surface area (Å²) in [6.45, 7) is 0.970. The van der Waals surface area contributed by atoms with E-state index in [0.29, 0.717) is 24.2 Å². The lowest BCUT2D eigenvalue weighted by atomic mass is 9.96. The average Bonchev–Trinajstić information content (AvgIpc) is 3.03. The predicted octanol–water partition coefficient (Wildman–Crippen LogP) is 2.55. The quantitative estimate of drug-likeness (QED) is 0.775. The third kappa shape index (κ3) is 3.96. The van der Waals surface area contributed by atoms with Gasteiger partial charge in [-0.25, -0.2) is 0 Å². The topological polar surface area (TPSA) is 86.8 Å². The molecule has 0 unspecified atom stereocenters. The van der Waals surface area contributed by atoms with Crippen molar-refractivity contribution in [3.8, 4) is 0 Å². The van der Waals surface area contributed by atoms with Crippen molar-refractivity contribution in [1.82, 2.24) is 9.80 Å². The molecule has 2 aromatic rings. The van der Waals surface area contributed by atoms with E-state index in [9.17, 15) is 19.2 Å². The van der Waals surface area contributed by atoms with Gasteiger partial charge in [0.15, 0.2) is 0 Å². The summed E-state index contributed by atoms with van der Waals surface area (Å²) in [7, 11) is 0. The third-order valence-corrected chi connectivity index (χ3v) is 5.61. The smallest absolute Gasteiger partial charge is 0.261 e. The van der Waals surface area contributed by atoms with Crippen LogP contribution in [0.15, 0.2) is 54.6 Å². The van der Waals surface area contributed by atoms with Crippen molar-refractivity contribution in [1.29, 1.82) is 0 Å². The Hall–Kier alpha value is -3.48. The van der Waals surface area contributed by atoms with E-state index < -0.39 is 0 Å². The molecule has 30 heavy (non-hydrogen) atoms. The largest absolute Gasteiger partial charge is 0.342 e. The molecular formula is C23H23N3O4. The lowest BCUT2D eigenvalue weighted by molar-refractivity contribution is -0.134. The molecule has 4 rings (SSSR count). The van der Waals surface area contributed by atoms with Crippen LogP contribution in [0.5, 0.6) is 0 Å². The Morgan fingerprint density at radius 1 is 0.933 bits per heavy atom. The van der Waals surface area contributed by atoms with Crippen LogP contribution in [0, 0.1) is 5.92 Å². The lowest BCUT2D eigenvalue weighted by Gasteiger charge is -2.32. The molecule has 0 aliphatic carbocycles. The molecule has 0 saturated carbocycles. The van der Waals surface area contributed by atoms with Gasteiger partial charge in [0.2, 0.25) is 11.8 Å². The molecule has 2 heterocycles. The minimum atomic E-state index is -0.359. The molecule has 2 aliphatic rings. The Morgan fingerprint density at radius 2 is 1.57 bits per heavy atom. The van der Waals surface area contributed by atoms with Gasteiger partial charge in [0.1, 0.15) is 0 Å². The number of hydrogen-bond donors (Lipinski definition) is 1. The fourth-order valence-corrected chi connectivity index (χ4v) is 3.99. The Kier molecular flexibility index (Phi) is 5.61. The molecular weight excluding hydrogens is 382 g/mol. The van der Waals surface area contributed by atoms with Crippen LogP contribution in [0.4, 0.5) is 5.69 Å². The van der Waals surface area contributed by atoms with Crippen LogP contribution < -0.4 is 5.32 Å². The summed E-state index contributed by atoms with van der Waals surface area (Å²) in [5.41, 5.74) is 1.49. The minimum absolute atomic E-state index is 0.0442. The second-order valence-electron chi connectivity index (χ2n) is 7.59. The van der Waals surface area contributed by atoms with Gasteiger partial charge in [-0.3, -0.25) is 24.1 Å². The summed E-state index contributed by atoms with van der Waals surface area (Å²) in [6, 6.07) is 15.9. The van der Waals surface area contributed by atoms with Crippen LogP contribution in [-0.4, -0.2) is 53.1 Å². The summed E-state index contributed by atoms with van der Waals surface area (Å²) in [4.78, 5) is 53.0. The molecule has 154 valence electrons. The lowest BCUT2D eigenvalue weighted by Crippen LogP contribution is -2.45. The molecule has 1 N–H and O–H groups in total. The first-order chi connectivity index (χ1) is 14.5. The highest BCUT2D eigenvalue weighted by atomic mass is 16.2. The predicted molar refractivity (Wildman–Crippen MR) is 111 cm³/mol. The van der Waals surface area contributed by atoms with E-state index in [1.54, 1.807) is 29.2 Å². The van der Waals surface area contributed by atoms with Crippen molar-refractivity contribution in [3.05, 3.63) is 65.7 Å². The fourth-order valence-electron chi connectivity index (χ4n) is 3.99. The molecule has 1 atom stereocenters. The molecule has 2 aromatic carbocycles. The van der Waals surface area contributed by atoms with Gasteiger partial charge in [0.25, 0.3) is 11.8 Å². The monoisotopic (exact) mass is 405 g/mol. The van der Waals surface area contributed by atoms with Gasteiger partial charge in [-0.15, -0.1) is 0 Å². The first-order valence-corrected chi connectivity index (χ1v) is 10.1. The zero-order valence-corrected chi connectivity index (χ0v) is 16.5. The molecule has 0 bridgehead atoms. The second kappa shape index (κ2) is 8.49. The zero-order valence-electron chi connectivity index (χ0n) is 16.5. The Balaban J connectivity index is 1.32. The number of rotatable bonds is 5. The van der Waals surface area contributed by atoms with Crippen molar-refractivity contribution in [3.63, 3.8) is 0 Å². The summed E-state index contributed by atoms with van der Waals surface area (Å²) in [5, 5.41) is 2.90. The number of carbonyl (C=O) groups is 4. The maximum Gasteiger partial charge on any atom is 0.261 e. The number of amides is 4. The van der Waals surface area contributed by atoms with Crippen molar-refractivity contribution in [2.45, 2.75) is 19.3 Å². The number of nitrogens with zero attached hydrogens (tertiary/aromatic N) is 2. The average molecular weight is 405 g/mol. The van der Waals surface area contributed by atoms with Crippen molar-refractivity contribution in [2.75, 3.05) is 25.0 Å². The third-order valence-electron chi connectivity index (χ3n) is 5.61. The van der Waals surface area contributed by atoms with Crippen LogP contribution in [0.25, 0.3) is 0 Å². The molecule has 1 saturated heterocycles. The molecule has 1 fully saturated rings. The number of piperidine rings is 1. The number of fused-ring (bicyclic) bond motifs is 1. The number of hydrogen-bond acceptors (Lipinski definition) is 4. The van der Waals surface area contributed by atoms with Gasteiger partial charge in [0.05, 0.1) is 17.0 Å². The highest BCUT2D eigenvalue weighted by Gasteiger charge is 2.36. The first kappa shape index (κ1) is 19.8. The van der Waals surface area contributed by atoms with E-state index in [2.05, 4.69) is 5.32 Å². The standard InChI is InChI=1S/C23H23N3O4/c27-20(12-14-26-22(29)18-10-4-5-11-19(18)23(26)30)25-13-6-7-16(15-25)21(28)24-17-8-2-1-3-9-17/h1-5,8-11,16H,6-7,12-15H2,(H,24,28)/t16-/m1/s1. The maximum atomic E-state index is 12.7. The van der Waals surface area contributed by atoms with Gasteiger partial charge < -0.3 is 10.2 Å². The Labute approximate surface area is 174 Å². The molecule has 0 radical (unpaired) electrons. The van der Waals surface area contributed by atoms with Crippen LogP contribution in [0.2, 0.25) is 0 Å². The molecule has 4 amide bonds. The van der Waals surface area contributed by atoms with Crippen LogP contribution in [-0.2, 0) is 9.59 Å². The first-order valence-electron chi connectivity index (χ1n) is 10.1. The number of likely N-dealkylation sites (tertiary alicyclic amines) is 1. The summed E-state index contributed by atoms with van der Waals surface area (Å²) in [6.07, 6.45) is 1.52. The van der Waals surface area contributed by atoms with Gasteiger partial charge in [0, 0.05) is 31.7 Å². The number of nitrogens with one attached hydrogen (secondary N) is 1. The van der Waals surface area contributed by atoms with Gasteiger partial charge in [-0.05, 0) is 37.1 Å². The van der Waals surface area contributed by atoms with E-state index in [0.717, 1.165) is 23.4 Å². The SMILES string of the molecule is O=C(Nc1ccccc1)[C@@H]1CCCN(C(=O)CCN2C(=O)c3ccccc3C2=O)C1. The number of anilines is 1. The number of imide groups is 1.